The van der Waals surface area contributed by atoms with E-state index in [-0.39, 0.29) is 0 Å². The van der Waals surface area contributed by atoms with Crippen molar-refractivity contribution in [3.05, 3.63) is 58.6 Å². The van der Waals surface area contributed by atoms with E-state index in [0.29, 0.717) is 10.0 Å². The zero-order chi connectivity index (χ0) is 10.7. The van der Waals surface area contributed by atoms with Gasteiger partial charge in [-0.2, -0.15) is 0 Å². The average Bonchev–Trinajstić information content (AvgIpc) is 2.25. The van der Waals surface area contributed by atoms with E-state index in [1.165, 1.54) is 0 Å². The molecule has 0 spiro atoms. The molecule has 15 heavy (non-hydrogen) atoms. The Morgan fingerprint density at radius 2 is 0.933 bits per heavy atom. The maximum atomic E-state index is 5.78. The first-order valence-corrected chi connectivity index (χ1v) is 5.22. The molecule has 0 amide bonds. The summed E-state index contributed by atoms with van der Waals surface area (Å²) in [5, 5.41) is 5.83. The first-order chi connectivity index (χ1) is 7.24. The third-order valence-corrected chi connectivity index (χ3v) is 2.42. The van der Waals surface area contributed by atoms with Crippen LogP contribution in [0.4, 0.5) is 11.4 Å². The highest BCUT2D eigenvalue weighted by molar-refractivity contribution is 6.30. The Kier molecular flexibility index (Phi) is 3.27. The Morgan fingerprint density at radius 1 is 0.600 bits per heavy atom. The highest BCUT2D eigenvalue weighted by Gasteiger charge is 2.12. The minimum absolute atomic E-state index is 0.713. The minimum Gasteiger partial charge on any atom is -0.0843 e. The summed E-state index contributed by atoms with van der Waals surface area (Å²) in [6.45, 7) is 0. The van der Waals surface area contributed by atoms with Crippen LogP contribution < -0.4 is 5.32 Å². The van der Waals surface area contributed by atoms with Crippen molar-refractivity contribution >= 4 is 34.6 Å². The van der Waals surface area contributed by atoms with Crippen LogP contribution in [0.2, 0.25) is 10.0 Å². The highest BCUT2D eigenvalue weighted by atomic mass is 35.5. The molecule has 2 radical (unpaired) electrons. The second kappa shape index (κ2) is 4.67. The van der Waals surface area contributed by atoms with E-state index in [0.717, 1.165) is 11.4 Å². The maximum Gasteiger partial charge on any atom is 0.253 e. The smallest absolute Gasteiger partial charge is 0.0843 e. The molecule has 0 unspecified atom stereocenters. The molecule has 3 heteroatoms. The summed E-state index contributed by atoms with van der Waals surface area (Å²) < 4.78 is 0. The van der Waals surface area contributed by atoms with Crippen molar-refractivity contribution in [2.75, 3.05) is 0 Å². The van der Waals surface area contributed by atoms with E-state index in [9.17, 15) is 0 Å². The largest absolute Gasteiger partial charge is 0.253 e. The van der Waals surface area contributed by atoms with E-state index in [1.807, 2.05) is 48.5 Å². The van der Waals surface area contributed by atoms with Crippen molar-refractivity contribution in [1.29, 1.82) is 0 Å². The summed E-state index contributed by atoms with van der Waals surface area (Å²) in [5.41, 5.74) is 1.75. The Bertz CT molecular complexity index is 391. The van der Waals surface area contributed by atoms with E-state index in [1.54, 1.807) is 0 Å². The highest BCUT2D eigenvalue weighted by Crippen LogP contribution is 2.20. The van der Waals surface area contributed by atoms with Gasteiger partial charge in [0.15, 0.2) is 0 Å². The van der Waals surface area contributed by atoms with Crippen molar-refractivity contribution in [2.45, 2.75) is 0 Å². The monoisotopic (exact) mass is 236 g/mol. The van der Waals surface area contributed by atoms with Gasteiger partial charge in [-0.3, -0.25) is 0 Å². The van der Waals surface area contributed by atoms with E-state index < -0.39 is 0 Å². The van der Waals surface area contributed by atoms with Gasteiger partial charge in [0.2, 0.25) is 0 Å². The molecule has 2 aromatic carbocycles. The predicted molar refractivity (Wildman–Crippen MR) is 64.4 cm³/mol. The van der Waals surface area contributed by atoms with Crippen molar-refractivity contribution in [2.24, 2.45) is 0 Å². The first-order valence-electron chi connectivity index (χ1n) is 4.47. The van der Waals surface area contributed by atoms with Crippen LogP contribution in [0.3, 0.4) is 0 Å². The summed E-state index contributed by atoms with van der Waals surface area (Å²) >= 11 is 11.6. The fraction of sp³-hybridized carbons (Fsp3) is 0. The van der Waals surface area contributed by atoms with Gasteiger partial charge in [0.1, 0.15) is 5.32 Å². The normalized spacial score (nSPS) is 10.3. The summed E-state index contributed by atoms with van der Waals surface area (Å²) in [7, 11) is 0. The molecule has 0 aliphatic heterocycles. The molecule has 74 valence electrons. The zero-order valence-electron chi connectivity index (χ0n) is 7.82. The molecule has 0 aromatic heterocycles. The Labute approximate surface area is 98.6 Å². The van der Waals surface area contributed by atoms with Gasteiger partial charge in [0.25, 0.3) is 11.4 Å². The van der Waals surface area contributed by atoms with Crippen LogP contribution >= 0.6 is 23.2 Å². The lowest BCUT2D eigenvalue weighted by molar-refractivity contribution is 1.19. The molecular weight excluding hydrogens is 229 g/mol. The molecule has 1 nitrogen and oxygen atoms in total. The number of rotatable bonds is 2. The second-order valence-corrected chi connectivity index (χ2v) is 3.94. The third-order valence-electron chi connectivity index (χ3n) is 1.91. The van der Waals surface area contributed by atoms with Gasteiger partial charge in [-0.1, -0.05) is 23.2 Å². The molecule has 0 aliphatic rings. The second-order valence-electron chi connectivity index (χ2n) is 3.06. The summed E-state index contributed by atoms with van der Waals surface area (Å²) in [4.78, 5) is 0. The van der Waals surface area contributed by atoms with E-state index in [4.69, 9.17) is 23.2 Å². The maximum absolute atomic E-state index is 5.78. The molecule has 0 atom stereocenters. The summed E-state index contributed by atoms with van der Waals surface area (Å²) in [6.07, 6.45) is 0. The quantitative estimate of drug-likeness (QED) is 0.726. The lowest BCUT2D eigenvalue weighted by atomic mass is 10.3. The molecule has 0 saturated carbocycles. The Hall–Kier alpha value is -1.02. The zero-order valence-corrected chi connectivity index (χ0v) is 9.33. The fourth-order valence-electron chi connectivity index (χ4n) is 1.18. The van der Waals surface area contributed by atoms with Gasteiger partial charge in [-0.05, 0) is 24.3 Å². The SMILES string of the molecule is Clc1ccc([N+]c2ccc(Cl)cc2)cc1. The van der Waals surface area contributed by atoms with Crippen molar-refractivity contribution in [3.8, 4) is 0 Å². The molecule has 0 N–H and O–H groups in total. The average molecular weight is 237 g/mol. The lowest BCUT2D eigenvalue weighted by Crippen LogP contribution is -1.87. The van der Waals surface area contributed by atoms with E-state index >= 15 is 0 Å². The standard InChI is InChI=1S/C12H8Cl2N/c13-9-1-5-11(6-2-9)15-12-7-3-10(14)4-8-12/h1-8H/q+1. The fourth-order valence-corrected chi connectivity index (χ4v) is 1.43. The van der Waals surface area contributed by atoms with Crippen LogP contribution in [0.1, 0.15) is 0 Å². The third kappa shape index (κ3) is 2.96. The summed E-state index contributed by atoms with van der Waals surface area (Å²) in [6, 6.07) is 14.8. The molecule has 0 saturated heterocycles. The Morgan fingerprint density at radius 3 is 1.27 bits per heavy atom. The van der Waals surface area contributed by atoms with Gasteiger partial charge < -0.3 is 0 Å². The number of hydrogen-bond donors (Lipinski definition) is 0. The van der Waals surface area contributed by atoms with Gasteiger partial charge in [-0.15, -0.1) is 0 Å². The molecule has 0 bridgehead atoms. The molecule has 2 rings (SSSR count). The molecule has 0 heterocycles. The van der Waals surface area contributed by atoms with Gasteiger partial charge in [0, 0.05) is 34.3 Å². The number of benzene rings is 2. The Balaban J connectivity index is 2.15. The predicted octanol–water partition coefficient (Wildman–Crippen LogP) is 4.56. The van der Waals surface area contributed by atoms with Crippen LogP contribution in [0, 0.1) is 0 Å². The van der Waals surface area contributed by atoms with Crippen LogP contribution in [0.15, 0.2) is 48.5 Å². The van der Waals surface area contributed by atoms with Crippen LogP contribution in [0.5, 0.6) is 0 Å². The van der Waals surface area contributed by atoms with Crippen molar-refractivity contribution < 1.29 is 0 Å². The number of halogens is 2. The van der Waals surface area contributed by atoms with Crippen LogP contribution in [-0.2, 0) is 0 Å². The topological polar surface area (TPSA) is 14.1 Å². The van der Waals surface area contributed by atoms with Crippen LogP contribution in [0.25, 0.3) is 0 Å². The van der Waals surface area contributed by atoms with Crippen LogP contribution in [-0.4, -0.2) is 0 Å². The van der Waals surface area contributed by atoms with E-state index in [2.05, 4.69) is 5.32 Å². The molecular formula is C12H8Cl2N+. The molecule has 0 fully saturated rings. The number of nitrogens with zero attached hydrogens (tertiary/aromatic N) is 1. The van der Waals surface area contributed by atoms with Gasteiger partial charge in [0.05, 0.1) is 0 Å². The first kappa shape index (κ1) is 10.5. The lowest BCUT2D eigenvalue weighted by Gasteiger charge is -1.89. The molecule has 2 aromatic rings. The number of hydrogen-bond acceptors (Lipinski definition) is 0. The van der Waals surface area contributed by atoms with Crippen molar-refractivity contribution in [3.63, 3.8) is 0 Å². The molecule has 0 aliphatic carbocycles. The van der Waals surface area contributed by atoms with Crippen molar-refractivity contribution in [1.82, 2.24) is 5.32 Å². The van der Waals surface area contributed by atoms with Gasteiger partial charge in [-0.25, -0.2) is 0 Å². The van der Waals surface area contributed by atoms with Gasteiger partial charge >= 0.3 is 0 Å². The summed E-state index contributed by atoms with van der Waals surface area (Å²) in [5.74, 6) is 0. The minimum atomic E-state index is 0.713.